The van der Waals surface area contributed by atoms with Crippen molar-refractivity contribution in [1.29, 1.82) is 0 Å². The van der Waals surface area contributed by atoms with Crippen LogP contribution < -0.4 is 16.8 Å². The van der Waals surface area contributed by atoms with E-state index < -0.39 is 0 Å². The van der Waals surface area contributed by atoms with Crippen LogP contribution in [0.2, 0.25) is 0 Å². The average Bonchev–Trinajstić information content (AvgIpc) is 2.88. The van der Waals surface area contributed by atoms with Gasteiger partial charge < -0.3 is 21.7 Å². The molecular weight excluding hydrogens is 440 g/mol. The van der Waals surface area contributed by atoms with Crippen LogP contribution in [0.15, 0.2) is 52.4 Å². The lowest BCUT2D eigenvalue weighted by atomic mass is 9.88. The fourth-order valence-electron chi connectivity index (χ4n) is 5.02. The van der Waals surface area contributed by atoms with E-state index in [1.165, 1.54) is 28.9 Å². The van der Waals surface area contributed by atoms with Crippen molar-refractivity contribution in [3.05, 3.63) is 59.2 Å². The van der Waals surface area contributed by atoms with E-state index in [1.54, 1.807) is 7.05 Å². The molecule has 2 heterocycles. The van der Waals surface area contributed by atoms with Crippen LogP contribution in [0, 0.1) is 0 Å². The number of benzene rings is 2. The lowest BCUT2D eigenvalue weighted by Crippen LogP contribution is -2.36. The highest BCUT2D eigenvalue weighted by Crippen LogP contribution is 2.31. The number of aliphatic imine (C=N–C) groups is 1. The minimum absolute atomic E-state index is 0.381. The molecule has 2 aliphatic rings. The van der Waals surface area contributed by atoms with Crippen molar-refractivity contribution in [3.63, 3.8) is 0 Å². The maximum Gasteiger partial charge on any atom is 0.127 e. The first kappa shape index (κ1) is 25.0. The van der Waals surface area contributed by atoms with Gasteiger partial charge in [0.25, 0.3) is 0 Å². The van der Waals surface area contributed by atoms with Crippen molar-refractivity contribution < 1.29 is 0 Å². The normalized spacial score (nSPS) is 19.4. The van der Waals surface area contributed by atoms with Gasteiger partial charge in [-0.2, -0.15) is 0 Å². The fourth-order valence-corrected chi connectivity index (χ4v) is 6.05. The lowest BCUT2D eigenvalue weighted by Gasteiger charge is -2.32. The molecule has 184 valence electrons. The number of hydrogen-bond donors (Lipinski definition) is 3. The standard InChI is InChI=1S/C27H40N6S/c1-30-26-19-22(6-7-25(26)27(29)31-2)21-9-14-32(15-10-21)13-8-20-4-3-5-24(18-20)34-33-16-11-23(28)12-17-33/h3-7,18-19,21,23,30H,8-17,28H2,1-2H3,(H2,29,31). The molecule has 0 bridgehead atoms. The third-order valence-corrected chi connectivity index (χ3v) is 8.33. The topological polar surface area (TPSA) is 82.9 Å². The molecule has 2 aliphatic heterocycles. The summed E-state index contributed by atoms with van der Waals surface area (Å²) < 4.78 is 2.46. The maximum atomic E-state index is 6.05. The van der Waals surface area contributed by atoms with Crippen molar-refractivity contribution in [3.8, 4) is 0 Å². The van der Waals surface area contributed by atoms with E-state index in [4.69, 9.17) is 11.5 Å². The Labute approximate surface area is 209 Å². The number of piperidine rings is 2. The Morgan fingerprint density at radius 1 is 1.06 bits per heavy atom. The van der Waals surface area contributed by atoms with Crippen molar-refractivity contribution in [1.82, 2.24) is 9.21 Å². The minimum Gasteiger partial charge on any atom is -0.388 e. The molecule has 2 aromatic carbocycles. The summed E-state index contributed by atoms with van der Waals surface area (Å²) in [6.07, 6.45) is 5.71. The minimum atomic E-state index is 0.381. The summed E-state index contributed by atoms with van der Waals surface area (Å²) in [6.45, 7) is 5.61. The second-order valence-corrected chi connectivity index (χ2v) is 10.7. The average molecular weight is 481 g/mol. The second-order valence-electron chi connectivity index (χ2n) is 9.53. The molecule has 0 aromatic heterocycles. The molecule has 4 rings (SSSR count). The zero-order valence-corrected chi connectivity index (χ0v) is 21.5. The number of amidine groups is 1. The molecule has 6 nitrogen and oxygen atoms in total. The quantitative estimate of drug-likeness (QED) is 0.302. The smallest absolute Gasteiger partial charge is 0.127 e. The van der Waals surface area contributed by atoms with Gasteiger partial charge in [0.2, 0.25) is 0 Å². The number of likely N-dealkylation sites (tertiary alicyclic amines) is 1. The molecule has 34 heavy (non-hydrogen) atoms. The molecule has 2 saturated heterocycles. The van der Waals surface area contributed by atoms with E-state index in [1.807, 2.05) is 19.0 Å². The monoisotopic (exact) mass is 480 g/mol. The van der Waals surface area contributed by atoms with Gasteiger partial charge in [0.1, 0.15) is 5.84 Å². The summed E-state index contributed by atoms with van der Waals surface area (Å²) in [5.74, 6) is 1.18. The second kappa shape index (κ2) is 12.1. The van der Waals surface area contributed by atoms with Crippen LogP contribution in [0.5, 0.6) is 0 Å². The first-order valence-electron chi connectivity index (χ1n) is 12.6. The highest BCUT2D eigenvalue weighted by Gasteiger charge is 2.22. The predicted molar refractivity (Wildman–Crippen MR) is 146 cm³/mol. The van der Waals surface area contributed by atoms with Gasteiger partial charge in [-0.05, 0) is 98.5 Å². The molecule has 0 aliphatic carbocycles. The van der Waals surface area contributed by atoms with E-state index in [2.05, 4.69) is 62.0 Å². The Morgan fingerprint density at radius 2 is 1.82 bits per heavy atom. The lowest BCUT2D eigenvalue weighted by molar-refractivity contribution is 0.214. The fraction of sp³-hybridized carbons (Fsp3) is 0.519. The summed E-state index contributed by atoms with van der Waals surface area (Å²) in [5, 5.41) is 3.29. The Balaban J connectivity index is 1.26. The summed E-state index contributed by atoms with van der Waals surface area (Å²) in [5.41, 5.74) is 17.0. The first-order chi connectivity index (χ1) is 16.6. The Hall–Kier alpha value is -2.06. The molecule has 2 aromatic rings. The summed E-state index contributed by atoms with van der Waals surface area (Å²) in [4.78, 5) is 8.12. The molecule has 2 fully saturated rings. The van der Waals surface area contributed by atoms with Crippen LogP contribution in [-0.2, 0) is 6.42 Å². The molecule has 7 heteroatoms. The van der Waals surface area contributed by atoms with E-state index in [9.17, 15) is 0 Å². The number of nitrogens with zero attached hydrogens (tertiary/aromatic N) is 3. The van der Waals surface area contributed by atoms with E-state index in [0.29, 0.717) is 17.8 Å². The highest BCUT2D eigenvalue weighted by molar-refractivity contribution is 7.97. The molecule has 0 unspecified atom stereocenters. The zero-order valence-electron chi connectivity index (χ0n) is 20.7. The van der Waals surface area contributed by atoms with Crippen LogP contribution in [0.3, 0.4) is 0 Å². The zero-order chi connectivity index (χ0) is 23.9. The SMILES string of the molecule is CN=C(N)c1ccc(C2CCN(CCc3cccc(SN4CCC(N)CC4)c3)CC2)cc1NC. The molecule has 0 radical (unpaired) electrons. The number of anilines is 1. The van der Waals surface area contributed by atoms with Gasteiger partial charge in [-0.3, -0.25) is 4.99 Å². The van der Waals surface area contributed by atoms with Gasteiger partial charge in [0.15, 0.2) is 0 Å². The maximum absolute atomic E-state index is 6.05. The van der Waals surface area contributed by atoms with Crippen LogP contribution in [0.4, 0.5) is 5.69 Å². The predicted octanol–water partition coefficient (Wildman–Crippen LogP) is 3.92. The first-order valence-corrected chi connectivity index (χ1v) is 13.4. The largest absolute Gasteiger partial charge is 0.388 e. The van der Waals surface area contributed by atoms with Gasteiger partial charge >= 0.3 is 0 Å². The molecule has 0 atom stereocenters. The van der Waals surface area contributed by atoms with Gasteiger partial charge in [0, 0.05) is 55.9 Å². The van der Waals surface area contributed by atoms with Crippen LogP contribution >= 0.6 is 11.9 Å². The summed E-state index contributed by atoms with van der Waals surface area (Å²) >= 11 is 1.89. The third-order valence-electron chi connectivity index (χ3n) is 7.24. The molecule has 0 saturated carbocycles. The summed E-state index contributed by atoms with van der Waals surface area (Å²) in [6, 6.07) is 16.1. The van der Waals surface area contributed by atoms with Gasteiger partial charge in [-0.15, -0.1) is 0 Å². The number of nitrogens with two attached hydrogens (primary N) is 2. The third kappa shape index (κ3) is 6.54. The van der Waals surface area contributed by atoms with E-state index >= 15 is 0 Å². The Bertz CT molecular complexity index is 961. The van der Waals surface area contributed by atoms with E-state index in [-0.39, 0.29) is 0 Å². The number of nitrogens with one attached hydrogen (secondary N) is 1. The van der Waals surface area contributed by atoms with Crippen LogP contribution in [0.25, 0.3) is 0 Å². The van der Waals surface area contributed by atoms with Gasteiger partial charge in [0.05, 0.1) is 0 Å². The Kier molecular flexibility index (Phi) is 8.89. The molecule has 5 N–H and O–H groups in total. The van der Waals surface area contributed by atoms with Crippen LogP contribution in [0.1, 0.15) is 48.3 Å². The van der Waals surface area contributed by atoms with Crippen molar-refractivity contribution in [2.45, 2.75) is 49.0 Å². The molecular formula is C27H40N6S. The van der Waals surface area contributed by atoms with Gasteiger partial charge in [-0.1, -0.05) is 18.2 Å². The molecule has 0 spiro atoms. The Morgan fingerprint density at radius 3 is 2.53 bits per heavy atom. The van der Waals surface area contributed by atoms with E-state index in [0.717, 1.165) is 63.2 Å². The van der Waals surface area contributed by atoms with Crippen LogP contribution in [-0.4, -0.2) is 67.9 Å². The highest BCUT2D eigenvalue weighted by atomic mass is 32.2. The number of rotatable bonds is 8. The van der Waals surface area contributed by atoms with Crippen molar-refractivity contribution in [2.75, 3.05) is 52.1 Å². The van der Waals surface area contributed by atoms with Gasteiger partial charge in [-0.25, -0.2) is 4.31 Å². The summed E-state index contributed by atoms with van der Waals surface area (Å²) in [7, 11) is 3.68. The molecule has 0 amide bonds. The van der Waals surface area contributed by atoms with Crippen molar-refractivity contribution in [2.24, 2.45) is 16.5 Å². The number of hydrogen-bond acceptors (Lipinski definition) is 6. The van der Waals surface area contributed by atoms with Crippen molar-refractivity contribution >= 4 is 23.5 Å².